The van der Waals surface area contributed by atoms with Crippen molar-refractivity contribution >= 4 is 41.2 Å². The summed E-state index contributed by atoms with van der Waals surface area (Å²) in [6.07, 6.45) is 3.63. The number of hydrogen-bond donors (Lipinski definition) is 1. The summed E-state index contributed by atoms with van der Waals surface area (Å²) >= 11 is 6.16. The second kappa shape index (κ2) is 9.70. The van der Waals surface area contributed by atoms with Crippen LogP contribution in [0.15, 0.2) is 48.6 Å². The summed E-state index contributed by atoms with van der Waals surface area (Å²) < 4.78 is 11.2. The number of imide groups is 2. The van der Waals surface area contributed by atoms with Crippen LogP contribution in [0.25, 0.3) is 6.08 Å². The number of urea groups is 1. The molecule has 3 rings (SSSR count). The van der Waals surface area contributed by atoms with Crippen LogP contribution in [-0.2, 0) is 16.0 Å². The number of amides is 4. The van der Waals surface area contributed by atoms with Crippen molar-refractivity contribution in [1.82, 2.24) is 5.32 Å². The van der Waals surface area contributed by atoms with Gasteiger partial charge in [-0.1, -0.05) is 23.7 Å². The minimum absolute atomic E-state index is 0.195. The smallest absolute Gasteiger partial charge is 0.335 e. The van der Waals surface area contributed by atoms with E-state index in [-0.39, 0.29) is 5.57 Å². The number of nitrogens with zero attached hydrogens (tertiary/aromatic N) is 1. The summed E-state index contributed by atoms with van der Waals surface area (Å²) in [5.74, 6) is -0.501. The molecule has 0 bridgehead atoms. The lowest BCUT2D eigenvalue weighted by Gasteiger charge is -2.27. The maximum absolute atomic E-state index is 13.2. The van der Waals surface area contributed by atoms with Crippen molar-refractivity contribution in [2.24, 2.45) is 0 Å². The van der Waals surface area contributed by atoms with Crippen LogP contribution in [0.4, 0.5) is 10.5 Å². The van der Waals surface area contributed by atoms with E-state index in [0.29, 0.717) is 46.4 Å². The van der Waals surface area contributed by atoms with Crippen molar-refractivity contribution in [3.05, 3.63) is 70.3 Å². The molecule has 1 saturated heterocycles. The van der Waals surface area contributed by atoms with E-state index >= 15 is 0 Å². The van der Waals surface area contributed by atoms with E-state index in [1.54, 1.807) is 43.3 Å². The normalized spacial score (nSPS) is 15.1. The molecule has 32 heavy (non-hydrogen) atoms. The monoisotopic (exact) mass is 454 g/mol. The molecule has 1 fully saturated rings. The second-order valence-electron chi connectivity index (χ2n) is 6.98. The van der Waals surface area contributed by atoms with Crippen LogP contribution in [-0.4, -0.2) is 31.6 Å². The van der Waals surface area contributed by atoms with Gasteiger partial charge in [-0.25, -0.2) is 9.69 Å². The number of carbonyl (C=O) groups is 3. The van der Waals surface area contributed by atoms with E-state index in [1.165, 1.54) is 13.2 Å². The van der Waals surface area contributed by atoms with Crippen LogP contribution in [0.3, 0.4) is 0 Å². The zero-order valence-corrected chi connectivity index (χ0v) is 18.8. The van der Waals surface area contributed by atoms with Gasteiger partial charge >= 0.3 is 6.03 Å². The molecule has 1 N–H and O–H groups in total. The van der Waals surface area contributed by atoms with Gasteiger partial charge in [-0.05, 0) is 61.7 Å². The van der Waals surface area contributed by atoms with E-state index in [9.17, 15) is 14.4 Å². The Bertz CT molecular complexity index is 1140. The molecule has 0 radical (unpaired) electrons. The Labute approximate surface area is 191 Å². The Morgan fingerprint density at radius 1 is 1.22 bits per heavy atom. The van der Waals surface area contributed by atoms with Crippen molar-refractivity contribution in [2.75, 3.05) is 18.6 Å². The summed E-state index contributed by atoms with van der Waals surface area (Å²) in [7, 11) is 1.51. The zero-order chi connectivity index (χ0) is 23.4. The number of anilines is 1. The van der Waals surface area contributed by atoms with Gasteiger partial charge in [0.15, 0.2) is 11.5 Å². The lowest BCUT2D eigenvalue weighted by molar-refractivity contribution is -0.122. The van der Waals surface area contributed by atoms with Crippen molar-refractivity contribution in [2.45, 2.75) is 20.3 Å². The molecule has 0 aromatic heterocycles. The molecule has 1 heterocycles. The lowest BCUT2D eigenvalue weighted by Crippen LogP contribution is -2.54. The molecule has 4 amide bonds. The maximum Gasteiger partial charge on any atom is 0.335 e. The molecule has 0 saturated carbocycles. The first kappa shape index (κ1) is 23.1. The fourth-order valence-electron chi connectivity index (χ4n) is 3.42. The summed E-state index contributed by atoms with van der Waals surface area (Å²) in [5, 5.41) is 2.62. The van der Waals surface area contributed by atoms with Crippen LogP contribution in [0, 0.1) is 6.92 Å². The summed E-state index contributed by atoms with van der Waals surface area (Å²) in [4.78, 5) is 39.1. The summed E-state index contributed by atoms with van der Waals surface area (Å²) in [6, 6.07) is 7.49. The number of carbonyl (C=O) groups excluding carboxylic acids is 3. The van der Waals surface area contributed by atoms with Gasteiger partial charge in [0.2, 0.25) is 0 Å². The van der Waals surface area contributed by atoms with Gasteiger partial charge in [-0.15, -0.1) is 6.58 Å². The minimum atomic E-state index is -0.834. The number of hydrogen-bond acceptors (Lipinski definition) is 5. The third kappa shape index (κ3) is 4.38. The van der Waals surface area contributed by atoms with Crippen molar-refractivity contribution in [3.8, 4) is 11.5 Å². The zero-order valence-electron chi connectivity index (χ0n) is 18.0. The highest BCUT2D eigenvalue weighted by Gasteiger charge is 2.37. The van der Waals surface area contributed by atoms with E-state index < -0.39 is 17.8 Å². The molecule has 2 aromatic carbocycles. The van der Waals surface area contributed by atoms with Gasteiger partial charge in [0.1, 0.15) is 5.57 Å². The summed E-state index contributed by atoms with van der Waals surface area (Å²) in [6.45, 7) is 7.76. The third-order valence-corrected chi connectivity index (χ3v) is 5.33. The first-order valence-electron chi connectivity index (χ1n) is 9.93. The lowest BCUT2D eigenvalue weighted by atomic mass is 10.0. The Balaban J connectivity index is 2.10. The fourth-order valence-corrected chi connectivity index (χ4v) is 3.58. The van der Waals surface area contributed by atoms with Gasteiger partial charge in [-0.2, -0.15) is 0 Å². The van der Waals surface area contributed by atoms with Gasteiger partial charge in [0, 0.05) is 10.6 Å². The molecule has 0 spiro atoms. The van der Waals surface area contributed by atoms with Gasteiger partial charge < -0.3 is 9.47 Å². The van der Waals surface area contributed by atoms with E-state index in [0.717, 1.165) is 10.5 Å². The Kier molecular flexibility index (Phi) is 7.00. The number of benzene rings is 2. The van der Waals surface area contributed by atoms with Crippen LogP contribution >= 0.6 is 11.6 Å². The molecule has 7 nitrogen and oxygen atoms in total. The molecule has 166 valence electrons. The quantitative estimate of drug-likeness (QED) is 0.379. The average Bonchev–Trinajstić information content (AvgIpc) is 2.75. The van der Waals surface area contributed by atoms with Gasteiger partial charge in [0.25, 0.3) is 11.8 Å². The van der Waals surface area contributed by atoms with Crippen LogP contribution in [0.1, 0.15) is 23.6 Å². The predicted molar refractivity (Wildman–Crippen MR) is 123 cm³/mol. The maximum atomic E-state index is 13.2. The molecular formula is C24H23ClN2O5. The molecule has 0 aliphatic carbocycles. The van der Waals surface area contributed by atoms with Crippen molar-refractivity contribution in [3.63, 3.8) is 0 Å². The highest BCUT2D eigenvalue weighted by Crippen LogP contribution is 2.35. The van der Waals surface area contributed by atoms with Crippen molar-refractivity contribution < 1.29 is 23.9 Å². The standard InChI is InChI=1S/C24H23ClN2O5/c1-5-8-16-11-15(13-20(31-4)21(16)32-6-2)12-17-22(28)26-24(30)27(23(17)29)19-10-7-9-18(25)14(19)3/h5,7,9-13H,1,6,8H2,2-4H3,(H,26,28,30)/b17-12+. The number of ether oxygens (including phenoxy) is 2. The Hall–Kier alpha value is -3.58. The molecular weight excluding hydrogens is 432 g/mol. The highest BCUT2D eigenvalue weighted by atomic mass is 35.5. The van der Waals surface area contributed by atoms with Crippen LogP contribution < -0.4 is 19.7 Å². The average molecular weight is 455 g/mol. The van der Waals surface area contributed by atoms with E-state index in [4.69, 9.17) is 21.1 Å². The van der Waals surface area contributed by atoms with Crippen molar-refractivity contribution in [1.29, 1.82) is 0 Å². The number of nitrogens with one attached hydrogen (secondary N) is 1. The number of barbiturate groups is 1. The van der Waals surface area contributed by atoms with E-state index in [2.05, 4.69) is 11.9 Å². The number of halogens is 1. The van der Waals surface area contributed by atoms with Crippen LogP contribution in [0.2, 0.25) is 5.02 Å². The van der Waals surface area contributed by atoms with Gasteiger partial charge in [0.05, 0.1) is 19.4 Å². The summed E-state index contributed by atoms with van der Waals surface area (Å²) in [5.41, 5.74) is 1.98. The SMILES string of the molecule is C=CCc1cc(/C=C2\C(=O)NC(=O)N(c3cccc(Cl)c3C)C2=O)cc(OC)c1OCC. The Morgan fingerprint density at radius 3 is 2.62 bits per heavy atom. The molecule has 0 unspecified atom stereocenters. The molecule has 8 heteroatoms. The van der Waals surface area contributed by atoms with Gasteiger partial charge in [-0.3, -0.25) is 14.9 Å². The minimum Gasteiger partial charge on any atom is -0.493 e. The Morgan fingerprint density at radius 2 is 1.97 bits per heavy atom. The molecule has 0 atom stereocenters. The number of allylic oxidation sites excluding steroid dienone is 1. The largest absolute Gasteiger partial charge is 0.493 e. The van der Waals surface area contributed by atoms with E-state index in [1.807, 2.05) is 6.92 Å². The third-order valence-electron chi connectivity index (χ3n) is 4.92. The number of methoxy groups -OCH3 is 1. The second-order valence-corrected chi connectivity index (χ2v) is 7.39. The first-order valence-corrected chi connectivity index (χ1v) is 10.3. The topological polar surface area (TPSA) is 84.9 Å². The molecule has 1 aliphatic heterocycles. The fraction of sp³-hybridized carbons (Fsp3) is 0.208. The molecule has 2 aromatic rings. The molecule has 1 aliphatic rings. The number of rotatable bonds is 7. The van der Waals surface area contributed by atoms with Crippen LogP contribution in [0.5, 0.6) is 11.5 Å². The highest BCUT2D eigenvalue weighted by molar-refractivity contribution is 6.40. The first-order chi connectivity index (χ1) is 15.3. The predicted octanol–water partition coefficient (Wildman–Crippen LogP) is 4.45.